The van der Waals surface area contributed by atoms with Crippen molar-refractivity contribution in [3.8, 4) is 0 Å². The van der Waals surface area contributed by atoms with Gasteiger partial charge in [-0.3, -0.25) is 0 Å². The second-order valence-electron chi connectivity index (χ2n) is 7.80. The van der Waals surface area contributed by atoms with Crippen molar-refractivity contribution in [3.05, 3.63) is 65.9 Å². The molecule has 0 N–H and O–H groups in total. The average Bonchev–Trinajstić information content (AvgIpc) is 3.38. The van der Waals surface area contributed by atoms with Gasteiger partial charge in [0.25, 0.3) is 0 Å². The third-order valence-electron chi connectivity index (χ3n) is 5.84. The summed E-state index contributed by atoms with van der Waals surface area (Å²) in [6.07, 6.45) is 6.35. The van der Waals surface area contributed by atoms with Crippen molar-refractivity contribution in [2.45, 2.75) is 36.6 Å². The Bertz CT molecular complexity index is 856. The zero-order valence-electron chi connectivity index (χ0n) is 16.0. The van der Waals surface area contributed by atoms with Gasteiger partial charge in [0.05, 0.1) is 11.4 Å². The molecule has 5 rings (SSSR count). The van der Waals surface area contributed by atoms with Gasteiger partial charge in [-0.15, -0.1) is 0 Å². The van der Waals surface area contributed by atoms with Crippen LogP contribution < -0.4 is 4.90 Å². The predicted molar refractivity (Wildman–Crippen MR) is 115 cm³/mol. The molecule has 0 saturated carbocycles. The molecule has 2 aromatic rings. The van der Waals surface area contributed by atoms with Crippen LogP contribution in [0.25, 0.3) is 5.70 Å². The molecule has 1 fully saturated rings. The number of thioether (sulfide) groups is 1. The third kappa shape index (κ3) is 3.26. The van der Waals surface area contributed by atoms with E-state index in [4.69, 9.17) is 0 Å². The van der Waals surface area contributed by atoms with Crippen molar-refractivity contribution in [1.29, 1.82) is 0 Å². The van der Waals surface area contributed by atoms with Gasteiger partial charge in [0.1, 0.15) is 0 Å². The van der Waals surface area contributed by atoms with Gasteiger partial charge in [-0.1, -0.05) is 47.7 Å². The van der Waals surface area contributed by atoms with Crippen LogP contribution in [0.15, 0.2) is 59.6 Å². The van der Waals surface area contributed by atoms with E-state index in [9.17, 15) is 0 Å². The molecule has 0 spiro atoms. The minimum absolute atomic E-state index is 0.358. The van der Waals surface area contributed by atoms with E-state index in [2.05, 4.69) is 76.4 Å². The highest BCUT2D eigenvalue weighted by molar-refractivity contribution is 8.00. The van der Waals surface area contributed by atoms with Crippen molar-refractivity contribution in [2.75, 3.05) is 31.1 Å². The highest BCUT2D eigenvalue weighted by Gasteiger charge is 2.39. The van der Waals surface area contributed by atoms with Crippen LogP contribution in [0.1, 0.15) is 30.4 Å². The summed E-state index contributed by atoms with van der Waals surface area (Å²) >= 11 is 1.99. The van der Waals surface area contributed by atoms with E-state index in [0.29, 0.717) is 5.50 Å². The molecular formula is C23H27N3S. The molecular weight excluding hydrogens is 350 g/mol. The molecule has 3 nitrogen and oxygen atoms in total. The van der Waals surface area contributed by atoms with E-state index in [1.165, 1.54) is 66.3 Å². The van der Waals surface area contributed by atoms with Gasteiger partial charge < -0.3 is 14.7 Å². The summed E-state index contributed by atoms with van der Waals surface area (Å²) < 4.78 is 0. The number of nitrogens with zero attached hydrogens (tertiary/aromatic N) is 3. The average molecular weight is 378 g/mol. The number of anilines is 1. The smallest absolute Gasteiger partial charge is 0.159 e. The minimum Gasteiger partial charge on any atom is -0.340 e. The molecule has 1 atom stereocenters. The van der Waals surface area contributed by atoms with Crippen LogP contribution in [0.2, 0.25) is 0 Å². The largest absolute Gasteiger partial charge is 0.340 e. The normalized spacial score (nSPS) is 21.5. The fraction of sp³-hybridized carbons (Fsp3) is 0.391. The molecule has 140 valence electrons. The van der Waals surface area contributed by atoms with Crippen molar-refractivity contribution < 1.29 is 0 Å². The van der Waals surface area contributed by atoms with Crippen LogP contribution in [0.4, 0.5) is 5.69 Å². The predicted octanol–water partition coefficient (Wildman–Crippen LogP) is 4.99. The van der Waals surface area contributed by atoms with Crippen LogP contribution in [0.5, 0.6) is 0 Å². The lowest BCUT2D eigenvalue weighted by atomic mass is 10.1. The van der Waals surface area contributed by atoms with Gasteiger partial charge in [0.2, 0.25) is 0 Å². The minimum atomic E-state index is 0.358. The number of likely N-dealkylation sites (tertiary alicyclic amines) is 1. The van der Waals surface area contributed by atoms with Crippen molar-refractivity contribution in [1.82, 2.24) is 9.80 Å². The highest BCUT2D eigenvalue weighted by Crippen LogP contribution is 2.50. The summed E-state index contributed by atoms with van der Waals surface area (Å²) in [6.45, 7) is 7.09. The number of fused-ring (bicyclic) bond motifs is 3. The topological polar surface area (TPSA) is 9.72 Å². The zero-order valence-corrected chi connectivity index (χ0v) is 16.8. The maximum Gasteiger partial charge on any atom is 0.159 e. The van der Waals surface area contributed by atoms with Gasteiger partial charge >= 0.3 is 0 Å². The molecule has 3 aliphatic rings. The fourth-order valence-corrected chi connectivity index (χ4v) is 5.79. The third-order valence-corrected chi connectivity index (χ3v) is 7.13. The van der Waals surface area contributed by atoms with Gasteiger partial charge in [-0.05, 0) is 69.6 Å². The van der Waals surface area contributed by atoms with E-state index < -0.39 is 0 Å². The number of aryl methyl sites for hydroxylation is 1. The summed E-state index contributed by atoms with van der Waals surface area (Å²) in [5.74, 6) is 0. The van der Waals surface area contributed by atoms with Crippen LogP contribution in [0.3, 0.4) is 0 Å². The molecule has 0 aliphatic carbocycles. The van der Waals surface area contributed by atoms with Crippen LogP contribution >= 0.6 is 11.8 Å². The Morgan fingerprint density at radius 1 is 1.00 bits per heavy atom. The molecule has 0 radical (unpaired) electrons. The summed E-state index contributed by atoms with van der Waals surface area (Å²) in [5, 5.41) is 0. The van der Waals surface area contributed by atoms with Crippen molar-refractivity contribution >= 4 is 23.1 Å². The van der Waals surface area contributed by atoms with E-state index in [0.717, 1.165) is 6.54 Å². The molecule has 0 aromatic heterocycles. The van der Waals surface area contributed by atoms with Crippen LogP contribution in [0, 0.1) is 6.92 Å². The number of para-hydroxylation sites is 1. The lowest BCUT2D eigenvalue weighted by molar-refractivity contribution is 0.302. The Hall–Kier alpha value is -1.91. The lowest BCUT2D eigenvalue weighted by Crippen LogP contribution is -2.36. The van der Waals surface area contributed by atoms with Crippen LogP contribution in [-0.2, 0) is 0 Å². The first-order chi connectivity index (χ1) is 13.3. The summed E-state index contributed by atoms with van der Waals surface area (Å²) in [6, 6.07) is 17.7. The van der Waals surface area contributed by atoms with E-state index in [1.807, 2.05) is 11.8 Å². The molecule has 3 aliphatic heterocycles. The molecule has 0 amide bonds. The summed E-state index contributed by atoms with van der Waals surface area (Å²) in [4.78, 5) is 9.11. The molecule has 1 unspecified atom stereocenters. The van der Waals surface area contributed by atoms with Crippen LogP contribution in [-0.4, -0.2) is 41.5 Å². The number of hydrogen-bond donors (Lipinski definition) is 0. The Morgan fingerprint density at radius 2 is 1.85 bits per heavy atom. The fourth-order valence-electron chi connectivity index (χ4n) is 4.48. The first kappa shape index (κ1) is 17.2. The van der Waals surface area contributed by atoms with Gasteiger partial charge in [0.15, 0.2) is 5.50 Å². The first-order valence-electron chi connectivity index (χ1n) is 10.1. The monoisotopic (exact) mass is 377 g/mol. The lowest BCUT2D eigenvalue weighted by Gasteiger charge is -2.30. The first-order valence-corrected chi connectivity index (χ1v) is 11.0. The van der Waals surface area contributed by atoms with E-state index >= 15 is 0 Å². The maximum atomic E-state index is 2.63. The summed E-state index contributed by atoms with van der Waals surface area (Å²) in [7, 11) is 0. The molecule has 3 heterocycles. The quantitative estimate of drug-likeness (QED) is 0.726. The molecule has 2 aromatic carbocycles. The van der Waals surface area contributed by atoms with Gasteiger partial charge in [0, 0.05) is 17.6 Å². The Morgan fingerprint density at radius 3 is 2.70 bits per heavy atom. The SMILES string of the molecule is Cc1cccc(C2=CN3c4ccccc4SC3N2CCCN2CCCC2)c1. The van der Waals surface area contributed by atoms with Crippen molar-refractivity contribution in [3.63, 3.8) is 0 Å². The number of benzene rings is 2. The maximum absolute atomic E-state index is 2.63. The Balaban J connectivity index is 1.41. The number of hydrogen-bond acceptors (Lipinski definition) is 4. The Labute approximate surface area is 166 Å². The highest BCUT2D eigenvalue weighted by atomic mass is 32.2. The van der Waals surface area contributed by atoms with Gasteiger partial charge in [-0.2, -0.15) is 0 Å². The van der Waals surface area contributed by atoms with E-state index in [1.54, 1.807) is 0 Å². The molecule has 1 saturated heterocycles. The van der Waals surface area contributed by atoms with Crippen molar-refractivity contribution in [2.24, 2.45) is 0 Å². The molecule has 0 bridgehead atoms. The Kier molecular flexibility index (Phi) is 4.62. The standard InChI is InChI=1S/C23H27N3S/c1-18-8-6-9-19(16-18)21-17-26-20-10-2-3-11-22(20)27-23(26)25(21)15-7-14-24-12-4-5-13-24/h2-3,6,8-11,16-17,23H,4-5,7,12-15H2,1H3. The number of rotatable bonds is 5. The van der Waals surface area contributed by atoms with E-state index in [-0.39, 0.29) is 0 Å². The van der Waals surface area contributed by atoms with Gasteiger partial charge in [-0.25, -0.2) is 0 Å². The second-order valence-corrected chi connectivity index (χ2v) is 8.90. The molecule has 4 heteroatoms. The zero-order chi connectivity index (χ0) is 18.2. The summed E-state index contributed by atoms with van der Waals surface area (Å²) in [5.41, 5.74) is 5.73. The second kappa shape index (κ2) is 7.25. The molecule has 27 heavy (non-hydrogen) atoms.